The summed E-state index contributed by atoms with van der Waals surface area (Å²) >= 11 is 0. The molecule has 0 spiro atoms. The fourth-order valence-electron chi connectivity index (χ4n) is 2.62. The van der Waals surface area contributed by atoms with E-state index in [2.05, 4.69) is 10.6 Å². The number of aryl methyl sites for hydroxylation is 1. The Morgan fingerprint density at radius 2 is 1.54 bits per heavy atom. The van der Waals surface area contributed by atoms with Crippen LogP contribution in [-0.4, -0.2) is 39.1 Å². The molecule has 2 N–H and O–H groups in total. The van der Waals surface area contributed by atoms with Gasteiger partial charge in [0.25, 0.3) is 0 Å². The molecule has 0 atom stereocenters. The van der Waals surface area contributed by atoms with E-state index in [1.54, 1.807) is 32.4 Å². The summed E-state index contributed by atoms with van der Waals surface area (Å²) < 4.78 is 23.3. The SMILES string of the molecule is COc1ccc(CCC(=O)NCC(=O)NCCc2ccc(F)cc2)cc1OC. The molecule has 7 heteroatoms. The van der Waals surface area contributed by atoms with Gasteiger partial charge in [0.05, 0.1) is 20.8 Å². The first-order valence-electron chi connectivity index (χ1n) is 9.00. The number of carbonyl (C=O) groups excluding carboxylic acids is 2. The van der Waals surface area contributed by atoms with Crippen molar-refractivity contribution in [3.05, 3.63) is 59.4 Å². The van der Waals surface area contributed by atoms with Gasteiger partial charge in [-0.1, -0.05) is 18.2 Å². The molecule has 0 saturated carbocycles. The summed E-state index contributed by atoms with van der Waals surface area (Å²) in [5, 5.41) is 5.33. The fraction of sp³-hybridized carbons (Fsp3) is 0.333. The Morgan fingerprint density at radius 3 is 2.21 bits per heavy atom. The van der Waals surface area contributed by atoms with Gasteiger partial charge in [-0.15, -0.1) is 0 Å². The zero-order chi connectivity index (χ0) is 20.4. The Morgan fingerprint density at radius 1 is 0.857 bits per heavy atom. The second-order valence-electron chi connectivity index (χ2n) is 6.19. The number of amides is 2. The first kappa shape index (κ1) is 21.2. The predicted octanol–water partition coefficient (Wildman–Crippen LogP) is 2.25. The summed E-state index contributed by atoms with van der Waals surface area (Å²) in [4.78, 5) is 23.7. The molecule has 0 bridgehead atoms. The van der Waals surface area contributed by atoms with Gasteiger partial charge in [0.1, 0.15) is 5.82 Å². The van der Waals surface area contributed by atoms with E-state index in [9.17, 15) is 14.0 Å². The lowest BCUT2D eigenvalue weighted by molar-refractivity contribution is -0.126. The minimum Gasteiger partial charge on any atom is -0.493 e. The van der Waals surface area contributed by atoms with Crippen LogP contribution in [0.15, 0.2) is 42.5 Å². The fourth-order valence-corrected chi connectivity index (χ4v) is 2.62. The molecule has 0 aliphatic rings. The average Bonchev–Trinajstić information content (AvgIpc) is 2.71. The maximum Gasteiger partial charge on any atom is 0.239 e. The third-order valence-corrected chi connectivity index (χ3v) is 4.18. The Bertz CT molecular complexity index is 793. The van der Waals surface area contributed by atoms with Gasteiger partial charge in [0.15, 0.2) is 11.5 Å². The number of ether oxygens (including phenoxy) is 2. The number of benzene rings is 2. The highest BCUT2D eigenvalue weighted by atomic mass is 19.1. The standard InChI is InChI=1S/C21H25FN2O4/c1-27-18-9-5-16(13-19(18)28-2)6-10-20(25)24-14-21(26)23-12-11-15-3-7-17(22)8-4-15/h3-5,7-9,13H,6,10-12,14H2,1-2H3,(H,23,26)(H,24,25). The lowest BCUT2D eigenvalue weighted by Gasteiger charge is -2.10. The van der Waals surface area contributed by atoms with Crippen molar-refractivity contribution < 1.29 is 23.5 Å². The molecule has 0 aliphatic carbocycles. The molecule has 0 heterocycles. The van der Waals surface area contributed by atoms with Crippen LogP contribution >= 0.6 is 0 Å². The van der Waals surface area contributed by atoms with Crippen LogP contribution in [0.1, 0.15) is 17.5 Å². The first-order valence-corrected chi connectivity index (χ1v) is 9.00. The van der Waals surface area contributed by atoms with Crippen molar-refractivity contribution in [2.24, 2.45) is 0 Å². The van der Waals surface area contributed by atoms with E-state index < -0.39 is 0 Å². The second kappa shape index (κ2) is 10.9. The lowest BCUT2D eigenvalue weighted by Crippen LogP contribution is -2.37. The van der Waals surface area contributed by atoms with Crippen LogP contribution in [0.2, 0.25) is 0 Å². The average molecular weight is 388 g/mol. The number of hydrogen-bond acceptors (Lipinski definition) is 4. The highest BCUT2D eigenvalue weighted by molar-refractivity contribution is 5.84. The van der Waals surface area contributed by atoms with E-state index in [1.165, 1.54) is 12.1 Å². The number of nitrogens with one attached hydrogen (secondary N) is 2. The van der Waals surface area contributed by atoms with Crippen LogP contribution in [-0.2, 0) is 22.4 Å². The molecule has 0 saturated heterocycles. The van der Waals surface area contributed by atoms with E-state index in [4.69, 9.17) is 9.47 Å². The predicted molar refractivity (Wildman–Crippen MR) is 104 cm³/mol. The van der Waals surface area contributed by atoms with Crippen LogP contribution < -0.4 is 20.1 Å². The summed E-state index contributed by atoms with van der Waals surface area (Å²) in [6.07, 6.45) is 1.38. The highest BCUT2D eigenvalue weighted by Gasteiger charge is 2.08. The molecule has 28 heavy (non-hydrogen) atoms. The molecule has 0 fully saturated rings. The van der Waals surface area contributed by atoms with Crippen LogP contribution in [0, 0.1) is 5.82 Å². The minimum atomic E-state index is -0.288. The summed E-state index contributed by atoms with van der Waals surface area (Å²) in [7, 11) is 3.12. The van der Waals surface area contributed by atoms with Crippen molar-refractivity contribution in [2.75, 3.05) is 27.3 Å². The number of halogens is 1. The molecule has 0 aromatic heterocycles. The Balaban J connectivity index is 1.66. The van der Waals surface area contributed by atoms with Crippen molar-refractivity contribution in [1.82, 2.24) is 10.6 Å². The number of hydrogen-bond donors (Lipinski definition) is 2. The first-order chi connectivity index (χ1) is 13.5. The van der Waals surface area contributed by atoms with Crippen molar-refractivity contribution >= 4 is 11.8 Å². The Labute approximate surface area is 164 Å². The largest absolute Gasteiger partial charge is 0.493 e. The van der Waals surface area contributed by atoms with E-state index in [1.807, 2.05) is 12.1 Å². The summed E-state index contributed by atoms with van der Waals surface area (Å²) in [6, 6.07) is 11.6. The van der Waals surface area contributed by atoms with Crippen molar-refractivity contribution in [1.29, 1.82) is 0 Å². The molecular formula is C21H25FN2O4. The molecular weight excluding hydrogens is 363 g/mol. The molecule has 2 rings (SSSR count). The van der Waals surface area contributed by atoms with Gasteiger partial charge in [-0.2, -0.15) is 0 Å². The molecule has 0 unspecified atom stereocenters. The topological polar surface area (TPSA) is 76.7 Å². The van der Waals surface area contributed by atoms with Crippen LogP contribution in [0.25, 0.3) is 0 Å². The van der Waals surface area contributed by atoms with Gasteiger partial charge in [-0.3, -0.25) is 9.59 Å². The zero-order valence-electron chi connectivity index (χ0n) is 16.1. The van der Waals surface area contributed by atoms with Crippen molar-refractivity contribution in [3.8, 4) is 11.5 Å². The highest BCUT2D eigenvalue weighted by Crippen LogP contribution is 2.27. The molecule has 2 aromatic rings. The molecule has 150 valence electrons. The second-order valence-corrected chi connectivity index (χ2v) is 6.19. The maximum atomic E-state index is 12.8. The maximum absolute atomic E-state index is 12.8. The molecule has 2 amide bonds. The number of methoxy groups -OCH3 is 2. The summed E-state index contributed by atoms with van der Waals surface area (Å²) in [5.74, 6) is 0.489. The Kier molecular flexibility index (Phi) is 8.27. The molecule has 6 nitrogen and oxygen atoms in total. The lowest BCUT2D eigenvalue weighted by atomic mass is 10.1. The van der Waals surface area contributed by atoms with Gasteiger partial charge in [0.2, 0.25) is 11.8 Å². The summed E-state index contributed by atoms with van der Waals surface area (Å²) in [6.45, 7) is 0.347. The number of carbonyl (C=O) groups is 2. The van der Waals surface area contributed by atoms with E-state index in [-0.39, 0.29) is 30.6 Å². The van der Waals surface area contributed by atoms with Crippen molar-refractivity contribution in [3.63, 3.8) is 0 Å². The quantitative estimate of drug-likeness (QED) is 0.655. The van der Waals surface area contributed by atoms with E-state index in [0.717, 1.165) is 11.1 Å². The normalized spacial score (nSPS) is 10.2. The van der Waals surface area contributed by atoms with Crippen LogP contribution in [0.4, 0.5) is 4.39 Å². The van der Waals surface area contributed by atoms with Crippen LogP contribution in [0.3, 0.4) is 0 Å². The van der Waals surface area contributed by atoms with E-state index in [0.29, 0.717) is 30.9 Å². The Hall–Kier alpha value is -3.09. The third kappa shape index (κ3) is 6.90. The monoisotopic (exact) mass is 388 g/mol. The summed E-state index contributed by atoms with van der Waals surface area (Å²) in [5.41, 5.74) is 1.87. The zero-order valence-corrected chi connectivity index (χ0v) is 16.1. The smallest absolute Gasteiger partial charge is 0.239 e. The van der Waals surface area contributed by atoms with Crippen LogP contribution in [0.5, 0.6) is 11.5 Å². The van der Waals surface area contributed by atoms with Crippen molar-refractivity contribution in [2.45, 2.75) is 19.3 Å². The van der Waals surface area contributed by atoms with Gasteiger partial charge in [-0.25, -0.2) is 4.39 Å². The third-order valence-electron chi connectivity index (χ3n) is 4.18. The molecule has 2 aromatic carbocycles. The van der Waals surface area contributed by atoms with Gasteiger partial charge >= 0.3 is 0 Å². The van der Waals surface area contributed by atoms with Gasteiger partial charge < -0.3 is 20.1 Å². The minimum absolute atomic E-state index is 0.0752. The molecule has 0 aliphatic heterocycles. The molecule has 0 radical (unpaired) electrons. The van der Waals surface area contributed by atoms with E-state index >= 15 is 0 Å². The van der Waals surface area contributed by atoms with Gasteiger partial charge in [0, 0.05) is 13.0 Å². The number of rotatable bonds is 10. The van der Waals surface area contributed by atoms with Gasteiger partial charge in [-0.05, 0) is 48.2 Å².